The van der Waals surface area contributed by atoms with Gasteiger partial charge in [-0.05, 0) is 72.4 Å². The molecule has 1 aliphatic rings. The van der Waals surface area contributed by atoms with Crippen LogP contribution in [0, 0.1) is 5.82 Å². The Morgan fingerprint density at radius 1 is 1.00 bits per heavy atom. The number of methoxy groups -OCH3 is 2. The summed E-state index contributed by atoms with van der Waals surface area (Å²) in [6.45, 7) is -0.104. The Labute approximate surface area is 264 Å². The van der Waals surface area contributed by atoms with E-state index in [1.165, 1.54) is 50.8 Å². The molecule has 1 fully saturated rings. The number of hydrogen-bond acceptors (Lipinski definition) is 7. The van der Waals surface area contributed by atoms with Crippen molar-refractivity contribution in [2.24, 2.45) is 0 Å². The zero-order valence-corrected chi connectivity index (χ0v) is 25.6. The number of pyridine rings is 1. The number of anilines is 1. The van der Waals surface area contributed by atoms with Crippen LogP contribution in [0.2, 0.25) is 0 Å². The number of halogens is 5. The molecule has 47 heavy (non-hydrogen) atoms. The maximum Gasteiger partial charge on any atom is 0.422 e. The van der Waals surface area contributed by atoms with Crippen LogP contribution in [0.15, 0.2) is 93.3 Å². The third kappa shape index (κ3) is 5.68. The van der Waals surface area contributed by atoms with E-state index in [9.17, 15) is 30.8 Å². The SMILES string of the molecule is COc1ccc(CN(c2ccon2)S(=O)(=O)c2ccc3c(ccc(=O)n3-c3cc(F)c(C4CC(F)(C(F)(F)F)C4)cc3OC)c2)cc1. The van der Waals surface area contributed by atoms with Gasteiger partial charge in [-0.1, -0.05) is 17.3 Å². The van der Waals surface area contributed by atoms with Gasteiger partial charge < -0.3 is 14.0 Å². The Morgan fingerprint density at radius 2 is 1.72 bits per heavy atom. The van der Waals surface area contributed by atoms with E-state index in [-0.39, 0.29) is 45.2 Å². The van der Waals surface area contributed by atoms with Crippen LogP contribution in [0.4, 0.5) is 27.8 Å². The fourth-order valence-corrected chi connectivity index (χ4v) is 7.09. The summed E-state index contributed by atoms with van der Waals surface area (Å²) in [5.74, 6) is -1.43. The van der Waals surface area contributed by atoms with Gasteiger partial charge in [-0.25, -0.2) is 21.5 Å². The number of fused-ring (bicyclic) bond motifs is 1. The molecule has 6 rings (SSSR count). The van der Waals surface area contributed by atoms with Gasteiger partial charge in [0.25, 0.3) is 15.6 Å². The van der Waals surface area contributed by atoms with E-state index in [4.69, 9.17) is 14.0 Å². The summed E-state index contributed by atoms with van der Waals surface area (Å²) in [6.07, 6.45) is -5.72. The molecule has 246 valence electrons. The first-order chi connectivity index (χ1) is 22.3. The van der Waals surface area contributed by atoms with E-state index in [0.29, 0.717) is 11.3 Å². The second kappa shape index (κ2) is 11.7. The van der Waals surface area contributed by atoms with Crippen molar-refractivity contribution in [1.29, 1.82) is 0 Å². The lowest BCUT2D eigenvalue weighted by atomic mass is 9.68. The van der Waals surface area contributed by atoms with Gasteiger partial charge in [0.15, 0.2) is 5.82 Å². The molecule has 2 heterocycles. The summed E-state index contributed by atoms with van der Waals surface area (Å²) in [5.41, 5.74) is -3.46. The van der Waals surface area contributed by atoms with E-state index in [0.717, 1.165) is 27.1 Å². The van der Waals surface area contributed by atoms with Crippen LogP contribution < -0.4 is 19.3 Å². The first-order valence-corrected chi connectivity index (χ1v) is 15.5. The lowest BCUT2D eigenvalue weighted by molar-refractivity contribution is -0.259. The number of rotatable bonds is 9. The van der Waals surface area contributed by atoms with Gasteiger partial charge in [0.2, 0.25) is 5.67 Å². The molecule has 15 heteroatoms. The molecule has 0 N–H and O–H groups in total. The summed E-state index contributed by atoms with van der Waals surface area (Å²) in [5, 5.41) is 4.10. The molecule has 1 aliphatic carbocycles. The average molecular weight is 676 g/mol. The van der Waals surface area contributed by atoms with Gasteiger partial charge in [-0.15, -0.1) is 0 Å². The number of benzene rings is 3. The van der Waals surface area contributed by atoms with Crippen molar-refractivity contribution in [3.63, 3.8) is 0 Å². The van der Waals surface area contributed by atoms with Crippen LogP contribution in [-0.2, 0) is 16.6 Å². The number of ether oxygens (including phenoxy) is 2. The normalized spacial score (nSPS) is 18.1. The molecule has 9 nitrogen and oxygen atoms in total. The lowest BCUT2D eigenvalue weighted by Gasteiger charge is -2.42. The molecular weight excluding hydrogens is 649 g/mol. The molecule has 0 radical (unpaired) electrons. The standard InChI is InChI=1S/C32H26F5N3O6S/c1-44-22-6-3-19(4-7-22)18-39(29-11-12-46-38-29)47(42,43)23-8-9-26-20(13-23)5-10-30(41)40(26)27-15-25(33)24(14-28(27)45-2)21-16-31(34,17-21)32(35,36)37/h3-15,21H,16-18H2,1-2H3. The summed E-state index contributed by atoms with van der Waals surface area (Å²) < 4.78 is 114. The fraction of sp³-hybridized carbons (Fsp3) is 0.250. The summed E-state index contributed by atoms with van der Waals surface area (Å²) in [6, 6.07) is 16.8. The Kier molecular flexibility index (Phi) is 7.98. The molecule has 0 aliphatic heterocycles. The summed E-state index contributed by atoms with van der Waals surface area (Å²) in [7, 11) is -1.53. The molecule has 0 bridgehead atoms. The van der Waals surface area contributed by atoms with Gasteiger partial charge >= 0.3 is 6.18 Å². The van der Waals surface area contributed by atoms with Crippen molar-refractivity contribution in [3.8, 4) is 17.2 Å². The van der Waals surface area contributed by atoms with Gasteiger partial charge in [-0.2, -0.15) is 13.2 Å². The lowest BCUT2D eigenvalue weighted by Crippen LogP contribution is -2.50. The highest BCUT2D eigenvalue weighted by Crippen LogP contribution is 2.56. The van der Waals surface area contributed by atoms with Crippen molar-refractivity contribution in [3.05, 3.63) is 106 Å². The molecule has 0 atom stereocenters. The first kappa shape index (κ1) is 32.0. The van der Waals surface area contributed by atoms with Gasteiger partial charge in [0.05, 0.1) is 36.9 Å². The topological polar surface area (TPSA) is 104 Å². The second-order valence-electron chi connectivity index (χ2n) is 11.1. The van der Waals surface area contributed by atoms with Crippen molar-refractivity contribution in [1.82, 2.24) is 9.72 Å². The van der Waals surface area contributed by atoms with Crippen molar-refractivity contribution in [2.45, 2.75) is 42.0 Å². The predicted octanol–water partition coefficient (Wildman–Crippen LogP) is 6.68. The maximum atomic E-state index is 15.4. The van der Waals surface area contributed by atoms with E-state index in [2.05, 4.69) is 5.16 Å². The van der Waals surface area contributed by atoms with Crippen LogP contribution in [0.3, 0.4) is 0 Å². The van der Waals surface area contributed by atoms with Crippen LogP contribution in [0.25, 0.3) is 16.6 Å². The maximum absolute atomic E-state index is 15.4. The Balaban J connectivity index is 1.39. The highest BCUT2D eigenvalue weighted by Gasteiger charge is 2.63. The van der Waals surface area contributed by atoms with Crippen molar-refractivity contribution >= 4 is 26.7 Å². The zero-order chi connectivity index (χ0) is 33.7. The quantitative estimate of drug-likeness (QED) is 0.161. The Bertz CT molecular complexity index is 2110. The van der Waals surface area contributed by atoms with E-state index in [1.807, 2.05) is 0 Å². The smallest absolute Gasteiger partial charge is 0.422 e. The minimum atomic E-state index is -5.08. The van der Waals surface area contributed by atoms with Crippen LogP contribution in [-0.4, -0.2) is 44.2 Å². The van der Waals surface area contributed by atoms with E-state index in [1.54, 1.807) is 24.3 Å². The molecular formula is C32H26F5N3O6S. The molecule has 5 aromatic rings. The predicted molar refractivity (Wildman–Crippen MR) is 161 cm³/mol. The van der Waals surface area contributed by atoms with E-state index < -0.39 is 52.0 Å². The third-order valence-corrected chi connectivity index (χ3v) is 9.99. The largest absolute Gasteiger partial charge is 0.497 e. The number of hydrogen-bond donors (Lipinski definition) is 0. The minimum absolute atomic E-state index is 0.0258. The molecule has 0 amide bonds. The van der Waals surface area contributed by atoms with Crippen LogP contribution >= 0.6 is 0 Å². The highest BCUT2D eigenvalue weighted by atomic mass is 32.2. The first-order valence-electron chi connectivity index (χ1n) is 14.1. The number of aromatic nitrogens is 2. The summed E-state index contributed by atoms with van der Waals surface area (Å²) in [4.78, 5) is 13.0. The van der Waals surface area contributed by atoms with Crippen molar-refractivity contribution in [2.75, 3.05) is 18.5 Å². The molecule has 0 saturated heterocycles. The van der Waals surface area contributed by atoms with E-state index >= 15 is 4.39 Å². The Hall–Kier alpha value is -4.92. The number of sulfonamides is 1. The van der Waals surface area contributed by atoms with Gasteiger partial charge in [0, 0.05) is 23.6 Å². The molecule has 2 aromatic heterocycles. The minimum Gasteiger partial charge on any atom is -0.497 e. The highest BCUT2D eigenvalue weighted by molar-refractivity contribution is 7.92. The molecule has 0 unspecified atom stereocenters. The second-order valence-corrected chi connectivity index (χ2v) is 12.9. The average Bonchev–Trinajstić information content (AvgIpc) is 3.56. The van der Waals surface area contributed by atoms with Crippen LogP contribution in [0.1, 0.15) is 29.9 Å². The molecule has 1 saturated carbocycles. The monoisotopic (exact) mass is 675 g/mol. The number of nitrogens with zero attached hydrogens (tertiary/aromatic N) is 3. The molecule has 3 aromatic carbocycles. The third-order valence-electron chi connectivity index (χ3n) is 8.25. The fourth-order valence-electron chi connectivity index (χ4n) is 5.66. The Morgan fingerprint density at radius 3 is 2.34 bits per heavy atom. The van der Waals surface area contributed by atoms with Gasteiger partial charge in [0.1, 0.15) is 23.6 Å². The number of alkyl halides is 4. The van der Waals surface area contributed by atoms with Crippen LogP contribution in [0.5, 0.6) is 11.5 Å². The van der Waals surface area contributed by atoms with Gasteiger partial charge in [-0.3, -0.25) is 9.36 Å². The summed E-state index contributed by atoms with van der Waals surface area (Å²) >= 11 is 0. The zero-order valence-electron chi connectivity index (χ0n) is 24.8. The van der Waals surface area contributed by atoms with Crippen molar-refractivity contribution < 1.29 is 44.4 Å². The molecule has 0 spiro atoms.